The Bertz CT molecular complexity index is 301. The van der Waals surface area contributed by atoms with Crippen LogP contribution < -0.4 is 5.73 Å². The lowest BCUT2D eigenvalue weighted by molar-refractivity contribution is 0.310. The van der Waals surface area contributed by atoms with Crippen LogP contribution in [0.3, 0.4) is 0 Å². The van der Waals surface area contributed by atoms with E-state index in [0.29, 0.717) is 6.04 Å². The number of halogens is 1. The van der Waals surface area contributed by atoms with Crippen LogP contribution in [0.15, 0.2) is 12.1 Å². The fourth-order valence-corrected chi connectivity index (χ4v) is 2.85. The average molecular weight is 261 g/mol. The van der Waals surface area contributed by atoms with Gasteiger partial charge in [0.15, 0.2) is 0 Å². The third-order valence-corrected chi connectivity index (χ3v) is 3.81. The molecule has 0 aromatic carbocycles. The van der Waals surface area contributed by atoms with Crippen LogP contribution in [0.25, 0.3) is 0 Å². The monoisotopic (exact) mass is 260 g/mol. The van der Waals surface area contributed by atoms with E-state index in [1.54, 1.807) is 11.3 Å². The van der Waals surface area contributed by atoms with Gasteiger partial charge in [0, 0.05) is 17.5 Å². The molecule has 1 rings (SSSR count). The number of nitrogens with zero attached hydrogens (tertiary/aromatic N) is 1. The third-order valence-electron chi connectivity index (χ3n) is 2.60. The molecule has 16 heavy (non-hydrogen) atoms. The molecule has 0 radical (unpaired) electrons. The van der Waals surface area contributed by atoms with E-state index >= 15 is 0 Å². The maximum absolute atomic E-state index is 5.98. The molecule has 0 saturated heterocycles. The van der Waals surface area contributed by atoms with Crippen LogP contribution in [-0.2, 0) is 6.54 Å². The van der Waals surface area contributed by atoms with Gasteiger partial charge < -0.3 is 10.6 Å². The summed E-state index contributed by atoms with van der Waals surface area (Å²) in [6.07, 6.45) is 3.37. The first-order valence-corrected chi connectivity index (χ1v) is 6.99. The smallest absolute Gasteiger partial charge is 0.0931 e. The molecular weight excluding hydrogens is 240 g/mol. The van der Waals surface area contributed by atoms with Crippen LogP contribution in [0.5, 0.6) is 0 Å². The summed E-state index contributed by atoms with van der Waals surface area (Å²) in [7, 11) is 2.13. The standard InChI is InChI=1S/C12H21ClN2S/c1-3-4-10(14)7-8-15(2)9-11-5-6-12(13)16-11/h5-6,10H,3-4,7-9,14H2,1-2H3. The molecule has 1 aromatic rings. The number of rotatable bonds is 7. The summed E-state index contributed by atoms with van der Waals surface area (Å²) >= 11 is 7.55. The topological polar surface area (TPSA) is 29.3 Å². The minimum Gasteiger partial charge on any atom is -0.328 e. The van der Waals surface area contributed by atoms with Crippen LogP contribution in [0.4, 0.5) is 0 Å². The molecule has 92 valence electrons. The van der Waals surface area contributed by atoms with Gasteiger partial charge in [0.25, 0.3) is 0 Å². The Hall–Kier alpha value is -0.0900. The summed E-state index contributed by atoms with van der Waals surface area (Å²) in [4.78, 5) is 3.62. The Kier molecular flexibility index (Phi) is 6.36. The lowest BCUT2D eigenvalue weighted by Gasteiger charge is -2.18. The summed E-state index contributed by atoms with van der Waals surface area (Å²) in [5.74, 6) is 0. The van der Waals surface area contributed by atoms with E-state index in [-0.39, 0.29) is 0 Å². The van der Waals surface area contributed by atoms with E-state index in [2.05, 4.69) is 24.9 Å². The molecule has 1 unspecified atom stereocenters. The maximum Gasteiger partial charge on any atom is 0.0931 e. The molecule has 0 amide bonds. The summed E-state index contributed by atoms with van der Waals surface area (Å²) in [5, 5.41) is 0. The van der Waals surface area contributed by atoms with Crippen molar-refractivity contribution in [2.24, 2.45) is 5.73 Å². The molecule has 0 fully saturated rings. The van der Waals surface area contributed by atoms with E-state index in [4.69, 9.17) is 17.3 Å². The summed E-state index contributed by atoms with van der Waals surface area (Å²) in [6, 6.07) is 4.40. The van der Waals surface area contributed by atoms with E-state index in [1.807, 2.05) is 6.07 Å². The average Bonchev–Trinajstić information content (AvgIpc) is 2.61. The van der Waals surface area contributed by atoms with Crippen molar-refractivity contribution in [2.45, 2.75) is 38.8 Å². The lowest BCUT2D eigenvalue weighted by Crippen LogP contribution is -2.27. The fourth-order valence-electron chi connectivity index (χ4n) is 1.68. The molecule has 1 aromatic heterocycles. The Labute approximate surface area is 107 Å². The molecule has 0 saturated carbocycles. The Morgan fingerprint density at radius 3 is 2.75 bits per heavy atom. The molecule has 1 heterocycles. The van der Waals surface area contributed by atoms with Gasteiger partial charge in [0.2, 0.25) is 0 Å². The fraction of sp³-hybridized carbons (Fsp3) is 0.667. The summed E-state index contributed by atoms with van der Waals surface area (Å²) in [6.45, 7) is 4.20. The van der Waals surface area contributed by atoms with Gasteiger partial charge in [-0.1, -0.05) is 24.9 Å². The quantitative estimate of drug-likeness (QED) is 0.815. The number of hydrogen-bond acceptors (Lipinski definition) is 3. The highest BCUT2D eigenvalue weighted by Gasteiger charge is 2.06. The summed E-state index contributed by atoms with van der Waals surface area (Å²) < 4.78 is 0.867. The molecule has 0 spiro atoms. The van der Waals surface area contributed by atoms with Crippen LogP contribution >= 0.6 is 22.9 Å². The molecule has 2 nitrogen and oxygen atoms in total. The van der Waals surface area contributed by atoms with Gasteiger partial charge in [0.1, 0.15) is 0 Å². The highest BCUT2D eigenvalue weighted by molar-refractivity contribution is 7.16. The zero-order valence-corrected chi connectivity index (χ0v) is 11.7. The number of thiophene rings is 1. The van der Waals surface area contributed by atoms with Gasteiger partial charge in [-0.25, -0.2) is 0 Å². The molecule has 0 aliphatic heterocycles. The van der Waals surface area contributed by atoms with Gasteiger partial charge in [-0.3, -0.25) is 0 Å². The Balaban J connectivity index is 2.23. The van der Waals surface area contributed by atoms with Gasteiger partial charge in [-0.2, -0.15) is 0 Å². The second-order valence-corrected chi connectivity index (χ2v) is 6.08. The number of nitrogens with two attached hydrogens (primary N) is 1. The molecule has 4 heteroatoms. The van der Waals surface area contributed by atoms with Crippen LogP contribution in [-0.4, -0.2) is 24.5 Å². The molecule has 1 atom stereocenters. The first kappa shape index (κ1) is 14.0. The van der Waals surface area contributed by atoms with E-state index in [9.17, 15) is 0 Å². The van der Waals surface area contributed by atoms with Crippen molar-refractivity contribution in [3.8, 4) is 0 Å². The third kappa shape index (κ3) is 5.30. The van der Waals surface area contributed by atoms with Crippen molar-refractivity contribution in [3.05, 3.63) is 21.3 Å². The maximum atomic E-state index is 5.98. The van der Waals surface area contributed by atoms with Crippen LogP contribution in [0.2, 0.25) is 4.34 Å². The second kappa shape index (κ2) is 7.28. The van der Waals surface area contributed by atoms with Crippen LogP contribution in [0.1, 0.15) is 31.1 Å². The SMILES string of the molecule is CCCC(N)CCN(C)Cc1ccc(Cl)s1. The van der Waals surface area contributed by atoms with Crippen molar-refractivity contribution in [1.29, 1.82) is 0 Å². The zero-order valence-electron chi connectivity index (χ0n) is 10.1. The highest BCUT2D eigenvalue weighted by Crippen LogP contribution is 2.22. The number of hydrogen-bond donors (Lipinski definition) is 1. The van der Waals surface area contributed by atoms with Gasteiger partial charge in [0.05, 0.1) is 4.34 Å². The van der Waals surface area contributed by atoms with Crippen molar-refractivity contribution < 1.29 is 0 Å². The molecular formula is C12H21ClN2S. The van der Waals surface area contributed by atoms with E-state index < -0.39 is 0 Å². The van der Waals surface area contributed by atoms with Gasteiger partial charge >= 0.3 is 0 Å². The van der Waals surface area contributed by atoms with Crippen molar-refractivity contribution >= 4 is 22.9 Å². The van der Waals surface area contributed by atoms with Crippen molar-refractivity contribution in [3.63, 3.8) is 0 Å². The lowest BCUT2D eigenvalue weighted by atomic mass is 10.1. The molecule has 2 N–H and O–H groups in total. The van der Waals surface area contributed by atoms with Crippen molar-refractivity contribution in [1.82, 2.24) is 4.90 Å². The molecule has 0 bridgehead atoms. The minimum atomic E-state index is 0.347. The predicted octanol–water partition coefficient (Wildman–Crippen LogP) is 3.35. The first-order valence-electron chi connectivity index (χ1n) is 5.80. The van der Waals surface area contributed by atoms with Gasteiger partial charge in [-0.15, -0.1) is 11.3 Å². The largest absolute Gasteiger partial charge is 0.328 e. The Morgan fingerprint density at radius 2 is 2.19 bits per heavy atom. The molecule has 0 aliphatic carbocycles. The first-order chi connectivity index (χ1) is 7.61. The predicted molar refractivity (Wildman–Crippen MR) is 73.2 cm³/mol. The zero-order chi connectivity index (χ0) is 12.0. The molecule has 0 aliphatic rings. The minimum absolute atomic E-state index is 0.347. The Morgan fingerprint density at radius 1 is 1.44 bits per heavy atom. The van der Waals surface area contributed by atoms with E-state index in [0.717, 1.165) is 30.3 Å². The normalized spacial score (nSPS) is 13.3. The second-order valence-electron chi connectivity index (χ2n) is 4.28. The summed E-state index contributed by atoms with van der Waals surface area (Å²) in [5.41, 5.74) is 5.98. The van der Waals surface area contributed by atoms with Gasteiger partial charge in [-0.05, 0) is 38.6 Å². The van der Waals surface area contributed by atoms with E-state index in [1.165, 1.54) is 11.3 Å². The van der Waals surface area contributed by atoms with Crippen molar-refractivity contribution in [2.75, 3.05) is 13.6 Å². The van der Waals surface area contributed by atoms with Crippen LogP contribution in [0, 0.1) is 0 Å². The highest BCUT2D eigenvalue weighted by atomic mass is 35.5.